The summed E-state index contributed by atoms with van der Waals surface area (Å²) in [7, 11) is 3.76. The van der Waals surface area contributed by atoms with Gasteiger partial charge in [-0.3, -0.25) is 9.88 Å². The number of hydrogen-bond donors (Lipinski definition) is 0. The number of likely N-dealkylation sites (tertiary alicyclic amines) is 1. The highest BCUT2D eigenvalue weighted by molar-refractivity contribution is 5.76. The van der Waals surface area contributed by atoms with E-state index >= 15 is 0 Å². The van der Waals surface area contributed by atoms with E-state index in [1.807, 2.05) is 6.07 Å². The summed E-state index contributed by atoms with van der Waals surface area (Å²) in [6.07, 6.45) is 6.36. The molecule has 3 heterocycles. The molecule has 2 atom stereocenters. The lowest BCUT2D eigenvalue weighted by Gasteiger charge is -2.18. The lowest BCUT2D eigenvalue weighted by atomic mass is 10.2. The van der Waals surface area contributed by atoms with Crippen LogP contribution < -0.4 is 4.74 Å². The molecule has 23 heavy (non-hydrogen) atoms. The SMILES string of the molecule is COCCO[C@@H]1C[C@@H](COc2ncc3cnccc3n2)N(C)C1. The molecule has 124 valence electrons. The first-order chi connectivity index (χ1) is 11.3. The largest absolute Gasteiger partial charge is 0.462 e. The summed E-state index contributed by atoms with van der Waals surface area (Å²) in [6.45, 7) is 2.71. The molecule has 2 aromatic rings. The number of likely N-dealkylation sites (N-methyl/N-ethyl adjacent to an activating group) is 1. The Kier molecular flexibility index (Phi) is 5.32. The Hall–Kier alpha value is -1.83. The van der Waals surface area contributed by atoms with Gasteiger partial charge in [-0.05, 0) is 19.5 Å². The Morgan fingerprint density at radius 2 is 2.22 bits per heavy atom. The third-order valence-corrected chi connectivity index (χ3v) is 4.05. The molecular formula is C16H22N4O3. The quantitative estimate of drug-likeness (QED) is 0.709. The summed E-state index contributed by atoms with van der Waals surface area (Å²) in [5, 5.41) is 0.907. The molecule has 1 fully saturated rings. The molecule has 0 unspecified atom stereocenters. The van der Waals surface area contributed by atoms with E-state index in [1.165, 1.54) is 0 Å². The fraction of sp³-hybridized carbons (Fsp3) is 0.562. The fourth-order valence-electron chi connectivity index (χ4n) is 2.74. The number of rotatable bonds is 7. The van der Waals surface area contributed by atoms with Crippen LogP contribution in [0.15, 0.2) is 24.7 Å². The molecule has 2 aromatic heterocycles. The highest BCUT2D eigenvalue weighted by Gasteiger charge is 2.30. The second-order valence-electron chi connectivity index (χ2n) is 5.71. The van der Waals surface area contributed by atoms with Gasteiger partial charge in [0.25, 0.3) is 0 Å². The third kappa shape index (κ3) is 4.13. The van der Waals surface area contributed by atoms with Gasteiger partial charge >= 0.3 is 6.01 Å². The van der Waals surface area contributed by atoms with Crippen LogP contribution in [0.2, 0.25) is 0 Å². The molecule has 0 N–H and O–H groups in total. The summed E-state index contributed by atoms with van der Waals surface area (Å²) in [5.41, 5.74) is 0.838. The molecule has 0 radical (unpaired) electrons. The van der Waals surface area contributed by atoms with Crippen molar-refractivity contribution in [3.63, 3.8) is 0 Å². The van der Waals surface area contributed by atoms with Crippen molar-refractivity contribution in [2.24, 2.45) is 0 Å². The smallest absolute Gasteiger partial charge is 0.316 e. The maximum Gasteiger partial charge on any atom is 0.316 e. The van der Waals surface area contributed by atoms with Crippen LogP contribution in [0, 0.1) is 0 Å². The van der Waals surface area contributed by atoms with Gasteiger partial charge in [-0.25, -0.2) is 4.98 Å². The van der Waals surface area contributed by atoms with Gasteiger partial charge < -0.3 is 14.2 Å². The standard InChI is InChI=1S/C16H22N4O3/c1-20-10-14(22-6-5-21-2)7-13(20)11-23-16-18-9-12-8-17-4-3-15(12)19-16/h3-4,8-9,13-14H,5-7,10-11H2,1-2H3/t13-,14+/m0/s1. The molecule has 0 aliphatic carbocycles. The van der Waals surface area contributed by atoms with Crippen LogP contribution in [0.1, 0.15) is 6.42 Å². The molecule has 3 rings (SSSR count). The van der Waals surface area contributed by atoms with Crippen LogP contribution in [0.3, 0.4) is 0 Å². The van der Waals surface area contributed by atoms with Gasteiger partial charge in [0.2, 0.25) is 0 Å². The second-order valence-corrected chi connectivity index (χ2v) is 5.71. The lowest BCUT2D eigenvalue weighted by Crippen LogP contribution is -2.31. The molecule has 1 aliphatic rings. The molecule has 0 spiro atoms. The first-order valence-corrected chi connectivity index (χ1v) is 7.76. The summed E-state index contributed by atoms with van der Waals surface area (Å²) < 4.78 is 16.6. The Labute approximate surface area is 135 Å². The van der Waals surface area contributed by atoms with Gasteiger partial charge in [0.15, 0.2) is 0 Å². The van der Waals surface area contributed by atoms with E-state index < -0.39 is 0 Å². The van der Waals surface area contributed by atoms with Gasteiger partial charge in [0, 0.05) is 43.7 Å². The van der Waals surface area contributed by atoms with Gasteiger partial charge in [0.1, 0.15) is 6.61 Å². The van der Waals surface area contributed by atoms with Gasteiger partial charge in [-0.2, -0.15) is 4.98 Å². The van der Waals surface area contributed by atoms with E-state index in [0.717, 1.165) is 23.9 Å². The van der Waals surface area contributed by atoms with Crippen molar-refractivity contribution < 1.29 is 14.2 Å². The Bertz CT molecular complexity index is 640. The molecule has 0 bridgehead atoms. The number of aromatic nitrogens is 3. The normalized spacial score (nSPS) is 21.8. The first kappa shape index (κ1) is 16.0. The Morgan fingerprint density at radius 3 is 3.09 bits per heavy atom. The van der Waals surface area contributed by atoms with Crippen molar-refractivity contribution >= 4 is 10.9 Å². The van der Waals surface area contributed by atoms with Crippen molar-refractivity contribution in [2.45, 2.75) is 18.6 Å². The Morgan fingerprint density at radius 1 is 1.30 bits per heavy atom. The maximum absolute atomic E-state index is 5.79. The van der Waals surface area contributed by atoms with Gasteiger partial charge in [-0.15, -0.1) is 0 Å². The van der Waals surface area contributed by atoms with E-state index in [4.69, 9.17) is 14.2 Å². The summed E-state index contributed by atoms with van der Waals surface area (Å²) in [6, 6.07) is 2.56. The van der Waals surface area contributed by atoms with Crippen LogP contribution in [-0.2, 0) is 9.47 Å². The van der Waals surface area contributed by atoms with Crippen LogP contribution in [0.25, 0.3) is 10.9 Å². The molecule has 0 amide bonds. The zero-order chi connectivity index (χ0) is 16.1. The number of hydrogen-bond acceptors (Lipinski definition) is 7. The average Bonchev–Trinajstić information content (AvgIpc) is 2.93. The van der Waals surface area contributed by atoms with Crippen molar-refractivity contribution in [3.8, 4) is 6.01 Å². The average molecular weight is 318 g/mol. The highest BCUT2D eigenvalue weighted by atomic mass is 16.5. The number of nitrogens with zero attached hydrogens (tertiary/aromatic N) is 4. The monoisotopic (exact) mass is 318 g/mol. The van der Waals surface area contributed by atoms with Gasteiger partial charge in [-0.1, -0.05) is 0 Å². The second kappa shape index (κ2) is 7.63. The van der Waals surface area contributed by atoms with Crippen molar-refractivity contribution in [2.75, 3.05) is 40.5 Å². The van der Waals surface area contributed by atoms with Crippen LogP contribution in [0.5, 0.6) is 6.01 Å². The van der Waals surface area contributed by atoms with Gasteiger partial charge in [0.05, 0.1) is 24.8 Å². The minimum atomic E-state index is 0.229. The van der Waals surface area contributed by atoms with E-state index in [0.29, 0.717) is 31.9 Å². The van der Waals surface area contributed by atoms with Crippen LogP contribution >= 0.6 is 0 Å². The first-order valence-electron chi connectivity index (χ1n) is 7.76. The van der Waals surface area contributed by atoms with E-state index in [-0.39, 0.29) is 6.10 Å². The summed E-state index contributed by atoms with van der Waals surface area (Å²) in [4.78, 5) is 14.9. The maximum atomic E-state index is 5.79. The lowest BCUT2D eigenvalue weighted by molar-refractivity contribution is 0.0229. The van der Waals surface area contributed by atoms with Crippen LogP contribution in [0.4, 0.5) is 0 Å². The molecule has 0 aromatic carbocycles. The van der Waals surface area contributed by atoms with Crippen molar-refractivity contribution in [1.29, 1.82) is 0 Å². The number of fused-ring (bicyclic) bond motifs is 1. The summed E-state index contributed by atoms with van der Waals surface area (Å²) in [5.74, 6) is 0. The Balaban J connectivity index is 1.52. The predicted molar refractivity (Wildman–Crippen MR) is 85.5 cm³/mol. The molecule has 7 heteroatoms. The molecule has 1 aliphatic heterocycles. The molecule has 1 saturated heterocycles. The van der Waals surface area contributed by atoms with E-state index in [1.54, 1.807) is 25.7 Å². The van der Waals surface area contributed by atoms with Crippen molar-refractivity contribution in [1.82, 2.24) is 19.9 Å². The molecular weight excluding hydrogens is 296 g/mol. The number of pyridine rings is 1. The minimum absolute atomic E-state index is 0.229. The fourth-order valence-corrected chi connectivity index (χ4v) is 2.74. The topological polar surface area (TPSA) is 69.6 Å². The number of methoxy groups -OCH3 is 1. The van der Waals surface area contributed by atoms with E-state index in [2.05, 4.69) is 26.9 Å². The molecule has 0 saturated carbocycles. The third-order valence-electron chi connectivity index (χ3n) is 4.05. The highest BCUT2D eigenvalue weighted by Crippen LogP contribution is 2.20. The zero-order valence-electron chi connectivity index (χ0n) is 13.5. The minimum Gasteiger partial charge on any atom is -0.462 e. The van der Waals surface area contributed by atoms with E-state index in [9.17, 15) is 0 Å². The zero-order valence-corrected chi connectivity index (χ0v) is 13.5. The van der Waals surface area contributed by atoms with Crippen molar-refractivity contribution in [3.05, 3.63) is 24.7 Å². The molecule has 7 nitrogen and oxygen atoms in total. The summed E-state index contributed by atoms with van der Waals surface area (Å²) >= 11 is 0. The number of ether oxygens (including phenoxy) is 3. The van der Waals surface area contributed by atoms with Crippen LogP contribution in [-0.4, -0.2) is 72.5 Å². The predicted octanol–water partition coefficient (Wildman–Crippen LogP) is 1.14.